The maximum Gasteiger partial charge on any atom is 0.0580 e. The van der Waals surface area contributed by atoms with E-state index in [4.69, 9.17) is 11.5 Å². The predicted molar refractivity (Wildman–Crippen MR) is 63.4 cm³/mol. The van der Waals surface area contributed by atoms with E-state index in [1.165, 1.54) is 11.1 Å². The molecule has 0 saturated heterocycles. The quantitative estimate of drug-likeness (QED) is 0.621. The molecular formula is C12H20N2. The number of rotatable bonds is 0. The van der Waals surface area contributed by atoms with Crippen LogP contribution in [-0.4, -0.2) is 0 Å². The standard InChI is InChI=1S/C12H20N2/c1-7-8(2)11(14)10(13)6-9(7)12(3,4)5/h6H,13-14H2,1-5H3. The lowest BCUT2D eigenvalue weighted by Gasteiger charge is -2.24. The van der Waals surface area contributed by atoms with E-state index in [2.05, 4.69) is 27.7 Å². The molecule has 0 saturated carbocycles. The molecule has 0 aliphatic carbocycles. The molecule has 0 bridgehead atoms. The largest absolute Gasteiger partial charge is 0.397 e. The molecule has 0 heterocycles. The average molecular weight is 192 g/mol. The predicted octanol–water partition coefficient (Wildman–Crippen LogP) is 2.77. The monoisotopic (exact) mass is 192 g/mol. The van der Waals surface area contributed by atoms with Gasteiger partial charge in [0.05, 0.1) is 11.4 Å². The van der Waals surface area contributed by atoms with Crippen LogP contribution in [-0.2, 0) is 5.41 Å². The van der Waals surface area contributed by atoms with Gasteiger partial charge in [-0.25, -0.2) is 0 Å². The Morgan fingerprint density at radius 3 is 1.93 bits per heavy atom. The Kier molecular flexibility index (Phi) is 2.49. The fourth-order valence-electron chi connectivity index (χ4n) is 1.74. The molecule has 0 aromatic heterocycles. The molecule has 0 radical (unpaired) electrons. The summed E-state index contributed by atoms with van der Waals surface area (Å²) < 4.78 is 0. The lowest BCUT2D eigenvalue weighted by atomic mass is 9.82. The van der Waals surface area contributed by atoms with Crippen molar-refractivity contribution < 1.29 is 0 Å². The van der Waals surface area contributed by atoms with Crippen molar-refractivity contribution in [2.45, 2.75) is 40.0 Å². The van der Waals surface area contributed by atoms with Crippen molar-refractivity contribution in [1.82, 2.24) is 0 Å². The molecule has 1 rings (SSSR count). The highest BCUT2D eigenvalue weighted by Gasteiger charge is 2.19. The van der Waals surface area contributed by atoms with Crippen LogP contribution in [0.3, 0.4) is 0 Å². The number of benzene rings is 1. The fraction of sp³-hybridized carbons (Fsp3) is 0.500. The van der Waals surface area contributed by atoms with Crippen LogP contribution in [0.4, 0.5) is 11.4 Å². The van der Waals surface area contributed by atoms with Gasteiger partial charge in [-0.3, -0.25) is 0 Å². The molecule has 1 aromatic rings. The summed E-state index contributed by atoms with van der Waals surface area (Å²) in [5, 5.41) is 0. The van der Waals surface area contributed by atoms with Gasteiger partial charge in [0, 0.05) is 0 Å². The summed E-state index contributed by atoms with van der Waals surface area (Å²) in [4.78, 5) is 0. The first kappa shape index (κ1) is 10.9. The van der Waals surface area contributed by atoms with Gasteiger partial charge in [0.2, 0.25) is 0 Å². The molecule has 0 amide bonds. The number of nitrogen functional groups attached to an aromatic ring is 2. The Hall–Kier alpha value is -1.18. The highest BCUT2D eigenvalue weighted by atomic mass is 14.7. The SMILES string of the molecule is Cc1c(C(C)(C)C)cc(N)c(N)c1C. The molecule has 2 heteroatoms. The third-order valence-corrected chi connectivity index (χ3v) is 2.79. The average Bonchev–Trinajstić information content (AvgIpc) is 2.06. The topological polar surface area (TPSA) is 52.0 Å². The zero-order valence-electron chi connectivity index (χ0n) is 9.73. The van der Waals surface area contributed by atoms with Crippen molar-refractivity contribution >= 4 is 11.4 Å². The van der Waals surface area contributed by atoms with Crippen LogP contribution in [0, 0.1) is 13.8 Å². The zero-order chi connectivity index (χ0) is 11.1. The fourth-order valence-corrected chi connectivity index (χ4v) is 1.74. The third kappa shape index (κ3) is 1.69. The molecule has 0 aliphatic heterocycles. The number of hydrogen-bond donors (Lipinski definition) is 2. The molecule has 0 aliphatic rings. The van der Waals surface area contributed by atoms with Gasteiger partial charge in [-0.05, 0) is 42.0 Å². The van der Waals surface area contributed by atoms with Gasteiger partial charge in [0.15, 0.2) is 0 Å². The van der Waals surface area contributed by atoms with Crippen molar-refractivity contribution in [3.8, 4) is 0 Å². The Balaban J connectivity index is 3.49. The molecule has 0 fully saturated rings. The van der Waals surface area contributed by atoms with Crippen LogP contribution in [0.2, 0.25) is 0 Å². The molecular weight excluding hydrogens is 172 g/mol. The number of nitrogens with two attached hydrogens (primary N) is 2. The highest BCUT2D eigenvalue weighted by Crippen LogP contribution is 2.33. The summed E-state index contributed by atoms with van der Waals surface area (Å²) in [5.74, 6) is 0. The minimum absolute atomic E-state index is 0.122. The van der Waals surface area contributed by atoms with Crippen LogP contribution in [0.15, 0.2) is 6.07 Å². The van der Waals surface area contributed by atoms with E-state index in [0.29, 0.717) is 5.69 Å². The second-order valence-electron chi connectivity index (χ2n) is 4.93. The Bertz CT molecular complexity index is 360. The summed E-state index contributed by atoms with van der Waals surface area (Å²) in [5.41, 5.74) is 16.9. The van der Waals surface area contributed by atoms with Crippen LogP contribution >= 0.6 is 0 Å². The van der Waals surface area contributed by atoms with E-state index in [-0.39, 0.29) is 5.41 Å². The van der Waals surface area contributed by atoms with Crippen molar-refractivity contribution in [2.24, 2.45) is 0 Å². The smallest absolute Gasteiger partial charge is 0.0580 e. The maximum atomic E-state index is 5.87. The minimum Gasteiger partial charge on any atom is -0.397 e. The van der Waals surface area contributed by atoms with Gasteiger partial charge in [-0.1, -0.05) is 20.8 Å². The first-order valence-electron chi connectivity index (χ1n) is 4.90. The van der Waals surface area contributed by atoms with Gasteiger partial charge in [0.1, 0.15) is 0 Å². The zero-order valence-corrected chi connectivity index (χ0v) is 9.73. The lowest BCUT2D eigenvalue weighted by molar-refractivity contribution is 0.586. The van der Waals surface area contributed by atoms with Crippen molar-refractivity contribution in [3.63, 3.8) is 0 Å². The first-order chi connectivity index (χ1) is 6.25. The van der Waals surface area contributed by atoms with Gasteiger partial charge in [0.25, 0.3) is 0 Å². The van der Waals surface area contributed by atoms with Crippen LogP contribution in [0.1, 0.15) is 37.5 Å². The van der Waals surface area contributed by atoms with Crippen LogP contribution in [0.25, 0.3) is 0 Å². The van der Waals surface area contributed by atoms with Crippen LogP contribution < -0.4 is 11.5 Å². The van der Waals surface area contributed by atoms with E-state index < -0.39 is 0 Å². The van der Waals surface area contributed by atoms with E-state index in [1.807, 2.05) is 13.0 Å². The lowest BCUT2D eigenvalue weighted by Crippen LogP contribution is -2.15. The molecule has 0 spiro atoms. The Labute approximate surface area is 86.3 Å². The summed E-state index contributed by atoms with van der Waals surface area (Å²) in [6.45, 7) is 10.7. The summed E-state index contributed by atoms with van der Waals surface area (Å²) in [6.07, 6.45) is 0. The Morgan fingerprint density at radius 1 is 1.00 bits per heavy atom. The minimum atomic E-state index is 0.122. The van der Waals surface area contributed by atoms with Crippen molar-refractivity contribution in [3.05, 3.63) is 22.8 Å². The Morgan fingerprint density at radius 2 is 1.50 bits per heavy atom. The van der Waals surface area contributed by atoms with E-state index in [0.717, 1.165) is 11.3 Å². The van der Waals surface area contributed by atoms with Gasteiger partial charge in [-0.2, -0.15) is 0 Å². The highest BCUT2D eigenvalue weighted by molar-refractivity contribution is 5.71. The molecule has 0 atom stereocenters. The number of hydrogen-bond acceptors (Lipinski definition) is 2. The molecule has 2 nitrogen and oxygen atoms in total. The van der Waals surface area contributed by atoms with Crippen molar-refractivity contribution in [2.75, 3.05) is 11.5 Å². The van der Waals surface area contributed by atoms with E-state index in [1.54, 1.807) is 0 Å². The molecule has 4 N–H and O–H groups in total. The first-order valence-corrected chi connectivity index (χ1v) is 4.90. The maximum absolute atomic E-state index is 5.87. The molecule has 1 aromatic carbocycles. The van der Waals surface area contributed by atoms with Crippen LogP contribution in [0.5, 0.6) is 0 Å². The van der Waals surface area contributed by atoms with E-state index >= 15 is 0 Å². The second-order valence-corrected chi connectivity index (χ2v) is 4.93. The summed E-state index contributed by atoms with van der Waals surface area (Å²) >= 11 is 0. The van der Waals surface area contributed by atoms with Gasteiger partial charge in [-0.15, -0.1) is 0 Å². The normalized spacial score (nSPS) is 11.8. The van der Waals surface area contributed by atoms with E-state index in [9.17, 15) is 0 Å². The summed E-state index contributed by atoms with van der Waals surface area (Å²) in [7, 11) is 0. The van der Waals surface area contributed by atoms with Gasteiger partial charge < -0.3 is 11.5 Å². The van der Waals surface area contributed by atoms with Crippen molar-refractivity contribution in [1.29, 1.82) is 0 Å². The summed E-state index contributed by atoms with van der Waals surface area (Å²) in [6, 6.07) is 2.00. The molecule has 78 valence electrons. The third-order valence-electron chi connectivity index (χ3n) is 2.79. The molecule has 0 unspecified atom stereocenters. The van der Waals surface area contributed by atoms with Gasteiger partial charge >= 0.3 is 0 Å². The molecule has 14 heavy (non-hydrogen) atoms. The second kappa shape index (κ2) is 3.19. The number of anilines is 2.